The van der Waals surface area contributed by atoms with Crippen molar-refractivity contribution >= 4 is 16.7 Å². The molecule has 0 bridgehead atoms. The maximum Gasteiger partial charge on any atom is 0.261 e. The number of hydrogen-bond acceptors (Lipinski definition) is 5. The first kappa shape index (κ1) is 20.9. The molecule has 1 aliphatic rings. The Balaban J connectivity index is 1.68. The van der Waals surface area contributed by atoms with Crippen molar-refractivity contribution in [2.45, 2.75) is 51.0 Å². The van der Waals surface area contributed by atoms with Crippen LogP contribution in [0, 0.1) is 23.1 Å². The predicted octanol–water partition coefficient (Wildman–Crippen LogP) is 4.13. The lowest BCUT2D eigenvalue weighted by Crippen LogP contribution is -2.33. The maximum atomic E-state index is 13.8. The highest BCUT2D eigenvalue weighted by atomic mass is 19.1. The standard InChI is InChI=1S/C24H23FN4O2/c25-18-7-9-21-20(11-18)24(31)29(15-28-21)22(10-16-4-2-1-3-5-16)23(30)12-19-8-6-17(13-26)14-27-19/h6-9,11,14-16,22H,1-5,10,12H2. The number of hydrogen-bond donors (Lipinski definition) is 0. The van der Waals surface area contributed by atoms with Gasteiger partial charge in [-0.25, -0.2) is 9.37 Å². The molecular weight excluding hydrogens is 395 g/mol. The third-order valence-electron chi connectivity index (χ3n) is 6.04. The lowest BCUT2D eigenvalue weighted by molar-refractivity contribution is -0.122. The normalized spacial score (nSPS) is 15.5. The molecule has 0 N–H and O–H groups in total. The van der Waals surface area contributed by atoms with Crippen LogP contribution in [0.1, 0.15) is 55.8 Å². The number of Topliss-reactive ketones (excluding diaryl/α,β-unsaturated/α-hetero) is 1. The van der Waals surface area contributed by atoms with Crippen molar-refractivity contribution in [3.63, 3.8) is 0 Å². The quantitative estimate of drug-likeness (QED) is 0.601. The first-order valence-corrected chi connectivity index (χ1v) is 10.6. The number of carbonyl (C=O) groups is 1. The summed E-state index contributed by atoms with van der Waals surface area (Å²) >= 11 is 0. The molecule has 1 saturated carbocycles. The van der Waals surface area contributed by atoms with E-state index in [2.05, 4.69) is 9.97 Å². The maximum absolute atomic E-state index is 13.8. The number of carbonyl (C=O) groups excluding carboxylic acids is 1. The minimum atomic E-state index is -0.687. The molecule has 6 nitrogen and oxygen atoms in total. The van der Waals surface area contributed by atoms with Gasteiger partial charge in [0.05, 0.1) is 35.3 Å². The van der Waals surface area contributed by atoms with E-state index in [0.29, 0.717) is 29.1 Å². The van der Waals surface area contributed by atoms with E-state index in [1.54, 1.807) is 12.1 Å². The Hall–Kier alpha value is -3.40. The van der Waals surface area contributed by atoms with E-state index in [0.717, 1.165) is 25.7 Å². The Morgan fingerprint density at radius 3 is 2.71 bits per heavy atom. The Morgan fingerprint density at radius 1 is 1.19 bits per heavy atom. The van der Waals surface area contributed by atoms with E-state index in [1.807, 2.05) is 6.07 Å². The van der Waals surface area contributed by atoms with Crippen molar-refractivity contribution in [3.8, 4) is 6.07 Å². The van der Waals surface area contributed by atoms with Crippen molar-refractivity contribution in [1.29, 1.82) is 5.26 Å². The molecule has 1 aliphatic carbocycles. The van der Waals surface area contributed by atoms with Gasteiger partial charge in [0.2, 0.25) is 0 Å². The second-order valence-corrected chi connectivity index (χ2v) is 8.17. The number of halogens is 1. The van der Waals surface area contributed by atoms with Crippen molar-refractivity contribution in [1.82, 2.24) is 14.5 Å². The smallest absolute Gasteiger partial charge is 0.261 e. The second kappa shape index (κ2) is 9.17. The molecule has 158 valence electrons. The van der Waals surface area contributed by atoms with Crippen LogP contribution in [0.25, 0.3) is 10.9 Å². The Bertz CT molecular complexity index is 1190. The number of ketones is 1. The summed E-state index contributed by atoms with van der Waals surface area (Å²) in [6, 6.07) is 8.51. The summed E-state index contributed by atoms with van der Waals surface area (Å²) in [5.41, 5.74) is 0.962. The van der Waals surface area contributed by atoms with E-state index in [1.165, 1.54) is 41.7 Å². The van der Waals surface area contributed by atoms with Gasteiger partial charge in [-0.3, -0.25) is 19.1 Å². The van der Waals surface area contributed by atoms with Gasteiger partial charge in [-0.05, 0) is 42.7 Å². The highest BCUT2D eigenvalue weighted by molar-refractivity contribution is 5.85. The van der Waals surface area contributed by atoms with E-state index in [4.69, 9.17) is 5.26 Å². The van der Waals surface area contributed by atoms with Gasteiger partial charge in [0.15, 0.2) is 5.78 Å². The molecule has 7 heteroatoms. The first-order chi connectivity index (χ1) is 15.0. The fraction of sp³-hybridized carbons (Fsp3) is 0.375. The van der Waals surface area contributed by atoms with Gasteiger partial charge in [-0.15, -0.1) is 0 Å². The number of benzene rings is 1. The zero-order chi connectivity index (χ0) is 21.8. The summed E-state index contributed by atoms with van der Waals surface area (Å²) < 4.78 is 15.1. The Kier molecular flexibility index (Phi) is 6.17. The van der Waals surface area contributed by atoms with Crippen LogP contribution in [-0.2, 0) is 11.2 Å². The van der Waals surface area contributed by atoms with Crippen molar-refractivity contribution < 1.29 is 9.18 Å². The molecule has 1 aromatic carbocycles. The number of fused-ring (bicyclic) bond motifs is 1. The summed E-state index contributed by atoms with van der Waals surface area (Å²) in [4.78, 5) is 35.0. The number of aromatic nitrogens is 3. The lowest BCUT2D eigenvalue weighted by atomic mass is 9.83. The minimum Gasteiger partial charge on any atom is -0.297 e. The van der Waals surface area contributed by atoms with E-state index in [9.17, 15) is 14.0 Å². The van der Waals surface area contributed by atoms with Crippen molar-refractivity contribution in [2.24, 2.45) is 5.92 Å². The molecule has 0 aliphatic heterocycles. The Labute approximate surface area is 179 Å². The first-order valence-electron chi connectivity index (χ1n) is 10.6. The largest absolute Gasteiger partial charge is 0.297 e. The second-order valence-electron chi connectivity index (χ2n) is 8.17. The number of pyridine rings is 1. The molecule has 3 aromatic rings. The summed E-state index contributed by atoms with van der Waals surface area (Å²) in [6.45, 7) is 0. The fourth-order valence-electron chi connectivity index (χ4n) is 4.36. The summed E-state index contributed by atoms with van der Waals surface area (Å²) in [6.07, 6.45) is 8.95. The number of rotatable bonds is 6. The van der Waals surface area contributed by atoms with Crippen LogP contribution in [0.4, 0.5) is 4.39 Å². The molecule has 1 atom stereocenters. The molecule has 2 aromatic heterocycles. The average Bonchev–Trinajstić information content (AvgIpc) is 2.79. The summed E-state index contributed by atoms with van der Waals surface area (Å²) in [7, 11) is 0. The third-order valence-corrected chi connectivity index (χ3v) is 6.04. The van der Waals surface area contributed by atoms with E-state index < -0.39 is 17.4 Å². The van der Waals surface area contributed by atoms with Gasteiger partial charge in [-0.1, -0.05) is 32.1 Å². The van der Waals surface area contributed by atoms with Crippen LogP contribution in [0.2, 0.25) is 0 Å². The van der Waals surface area contributed by atoms with Crippen LogP contribution < -0.4 is 5.56 Å². The van der Waals surface area contributed by atoms with Crippen LogP contribution >= 0.6 is 0 Å². The molecule has 0 spiro atoms. The van der Waals surface area contributed by atoms with E-state index in [-0.39, 0.29) is 17.6 Å². The van der Waals surface area contributed by atoms with Gasteiger partial charge in [-0.2, -0.15) is 5.26 Å². The van der Waals surface area contributed by atoms with Crippen molar-refractivity contribution in [3.05, 3.63) is 70.3 Å². The number of nitrogens with zero attached hydrogens (tertiary/aromatic N) is 4. The SMILES string of the molecule is N#Cc1ccc(CC(=O)C(CC2CCCCC2)n2cnc3ccc(F)cc3c2=O)nc1. The molecular formula is C24H23FN4O2. The van der Waals surface area contributed by atoms with Gasteiger partial charge < -0.3 is 0 Å². The van der Waals surface area contributed by atoms with Crippen LogP contribution in [0.3, 0.4) is 0 Å². The van der Waals surface area contributed by atoms with Gasteiger partial charge in [0.25, 0.3) is 5.56 Å². The zero-order valence-electron chi connectivity index (χ0n) is 17.1. The fourth-order valence-corrected chi connectivity index (χ4v) is 4.36. The number of nitriles is 1. The molecule has 0 amide bonds. The highest BCUT2D eigenvalue weighted by Crippen LogP contribution is 2.31. The molecule has 31 heavy (non-hydrogen) atoms. The zero-order valence-corrected chi connectivity index (χ0v) is 17.1. The summed E-state index contributed by atoms with van der Waals surface area (Å²) in [5.74, 6) is -0.296. The van der Waals surface area contributed by atoms with Crippen molar-refractivity contribution in [2.75, 3.05) is 0 Å². The highest BCUT2D eigenvalue weighted by Gasteiger charge is 2.27. The lowest BCUT2D eigenvalue weighted by Gasteiger charge is -2.27. The molecule has 2 heterocycles. The Morgan fingerprint density at radius 2 is 2.00 bits per heavy atom. The van der Waals surface area contributed by atoms with Crippen LogP contribution in [0.15, 0.2) is 47.7 Å². The third kappa shape index (κ3) is 4.69. The average molecular weight is 418 g/mol. The van der Waals surface area contributed by atoms with Gasteiger partial charge in [0.1, 0.15) is 11.9 Å². The van der Waals surface area contributed by atoms with E-state index >= 15 is 0 Å². The van der Waals surface area contributed by atoms with Gasteiger partial charge in [0, 0.05) is 11.9 Å². The molecule has 1 unspecified atom stereocenters. The molecule has 0 radical (unpaired) electrons. The van der Waals surface area contributed by atoms with Gasteiger partial charge >= 0.3 is 0 Å². The minimum absolute atomic E-state index is 0.0523. The summed E-state index contributed by atoms with van der Waals surface area (Å²) in [5, 5.41) is 9.10. The van der Waals surface area contributed by atoms with Crippen LogP contribution in [-0.4, -0.2) is 20.3 Å². The predicted molar refractivity (Wildman–Crippen MR) is 114 cm³/mol. The topological polar surface area (TPSA) is 88.6 Å². The monoisotopic (exact) mass is 418 g/mol. The molecule has 0 saturated heterocycles. The molecule has 4 rings (SSSR count). The molecule has 1 fully saturated rings. The van der Waals surface area contributed by atoms with Crippen LogP contribution in [0.5, 0.6) is 0 Å².